The van der Waals surface area contributed by atoms with Gasteiger partial charge in [0, 0.05) is 49.9 Å². The first kappa shape index (κ1) is 30.6. The first-order chi connectivity index (χ1) is 22.3. The van der Waals surface area contributed by atoms with Crippen LogP contribution in [0.4, 0.5) is 11.6 Å². The molecule has 4 aliphatic heterocycles. The topological polar surface area (TPSA) is 111 Å². The van der Waals surface area contributed by atoms with E-state index in [0.29, 0.717) is 41.5 Å². The standard InChI is InChI=1S/C35H40ClN7O3/c1-22-16-23(2-5-30(22)42-14-10-28(11-15-42)39-35-37-18-27(36)19-38-35)20-41-12-8-24(9-13-41)25-3-4-29-26(17-25)21-43(34(29)46)31-6-7-32(44)40-33(31)45/h2-5,16-19,24,28,31H,6-15,20-21H2,1H3,(H,37,38,39)(H,40,44,45). The van der Waals surface area contributed by atoms with Crippen molar-refractivity contribution in [1.29, 1.82) is 0 Å². The Morgan fingerprint density at radius 1 is 0.935 bits per heavy atom. The van der Waals surface area contributed by atoms with Gasteiger partial charge in [-0.1, -0.05) is 35.9 Å². The number of benzene rings is 2. The second-order valence-corrected chi connectivity index (χ2v) is 13.6. The van der Waals surface area contributed by atoms with Crippen molar-refractivity contribution in [2.75, 3.05) is 36.4 Å². The number of fused-ring (bicyclic) bond motifs is 1. The zero-order valence-electron chi connectivity index (χ0n) is 26.2. The van der Waals surface area contributed by atoms with Crippen LogP contribution in [-0.4, -0.2) is 75.8 Å². The lowest BCUT2D eigenvalue weighted by Crippen LogP contribution is -2.52. The van der Waals surface area contributed by atoms with Crippen LogP contribution in [0.25, 0.3) is 0 Å². The number of hydrogen-bond acceptors (Lipinski definition) is 8. The number of amides is 3. The SMILES string of the molecule is Cc1cc(CN2CCC(c3ccc4c(c3)CN(C3CCC(=O)NC3=O)C4=O)CC2)ccc1N1CCC(Nc2ncc(Cl)cn2)CC1. The van der Waals surface area contributed by atoms with E-state index in [0.717, 1.165) is 64.0 Å². The van der Waals surface area contributed by atoms with Gasteiger partial charge in [0.05, 0.1) is 17.4 Å². The number of halogens is 1. The second-order valence-electron chi connectivity index (χ2n) is 13.1. The molecule has 0 saturated carbocycles. The Bertz CT molecular complexity index is 1630. The Labute approximate surface area is 274 Å². The van der Waals surface area contributed by atoms with Gasteiger partial charge in [-0.2, -0.15) is 0 Å². The summed E-state index contributed by atoms with van der Waals surface area (Å²) in [5.74, 6) is 0.342. The molecular formula is C35H40ClN7O3. The van der Waals surface area contributed by atoms with Gasteiger partial charge in [-0.3, -0.25) is 24.6 Å². The van der Waals surface area contributed by atoms with Gasteiger partial charge in [-0.25, -0.2) is 9.97 Å². The number of carbonyl (C=O) groups is 3. The molecule has 0 spiro atoms. The monoisotopic (exact) mass is 641 g/mol. The van der Waals surface area contributed by atoms with Gasteiger partial charge in [0.25, 0.3) is 5.91 Å². The molecule has 1 unspecified atom stereocenters. The van der Waals surface area contributed by atoms with E-state index in [1.54, 1.807) is 17.3 Å². The van der Waals surface area contributed by atoms with Crippen molar-refractivity contribution < 1.29 is 14.4 Å². The third-order valence-corrected chi connectivity index (χ3v) is 10.3. The molecular weight excluding hydrogens is 602 g/mol. The number of nitrogens with one attached hydrogen (secondary N) is 2. The fourth-order valence-corrected chi connectivity index (χ4v) is 7.63. The van der Waals surface area contributed by atoms with Gasteiger partial charge in [0.2, 0.25) is 17.8 Å². The van der Waals surface area contributed by atoms with Gasteiger partial charge >= 0.3 is 0 Å². The van der Waals surface area contributed by atoms with Gasteiger partial charge in [0.1, 0.15) is 6.04 Å². The molecule has 10 nitrogen and oxygen atoms in total. The van der Waals surface area contributed by atoms with E-state index >= 15 is 0 Å². The normalized spacial score (nSPS) is 21.4. The lowest BCUT2D eigenvalue weighted by Gasteiger charge is -2.35. The number of aromatic nitrogens is 2. The van der Waals surface area contributed by atoms with Crippen molar-refractivity contribution in [2.24, 2.45) is 0 Å². The van der Waals surface area contributed by atoms with E-state index in [1.807, 2.05) is 6.07 Å². The number of aryl methyl sites for hydroxylation is 1. The molecule has 46 heavy (non-hydrogen) atoms. The number of anilines is 2. The highest BCUT2D eigenvalue weighted by Crippen LogP contribution is 2.34. The van der Waals surface area contributed by atoms with Crippen LogP contribution < -0.4 is 15.5 Å². The number of likely N-dealkylation sites (tertiary alicyclic amines) is 1. The van der Waals surface area contributed by atoms with Crippen molar-refractivity contribution in [3.8, 4) is 0 Å². The van der Waals surface area contributed by atoms with Crippen molar-refractivity contribution >= 4 is 41.0 Å². The summed E-state index contributed by atoms with van der Waals surface area (Å²) < 4.78 is 0. The molecule has 4 aliphatic rings. The first-order valence-corrected chi connectivity index (χ1v) is 16.8. The number of hydrogen-bond donors (Lipinski definition) is 2. The lowest BCUT2D eigenvalue weighted by molar-refractivity contribution is -0.136. The summed E-state index contributed by atoms with van der Waals surface area (Å²) in [5, 5.41) is 6.36. The molecule has 3 aromatic rings. The molecule has 11 heteroatoms. The molecule has 3 saturated heterocycles. The molecule has 3 amide bonds. The molecule has 0 radical (unpaired) electrons. The van der Waals surface area contributed by atoms with Crippen LogP contribution in [0.15, 0.2) is 48.8 Å². The highest BCUT2D eigenvalue weighted by Gasteiger charge is 2.39. The van der Waals surface area contributed by atoms with Gasteiger partial charge in [0.15, 0.2) is 0 Å². The zero-order valence-corrected chi connectivity index (χ0v) is 26.9. The summed E-state index contributed by atoms with van der Waals surface area (Å²) in [6, 6.07) is 12.9. The minimum atomic E-state index is -0.576. The highest BCUT2D eigenvalue weighted by atomic mass is 35.5. The quantitative estimate of drug-likeness (QED) is 0.359. The highest BCUT2D eigenvalue weighted by molar-refractivity contribution is 6.30. The van der Waals surface area contributed by atoms with Crippen LogP contribution in [0.1, 0.15) is 77.1 Å². The largest absolute Gasteiger partial charge is 0.371 e. The Morgan fingerprint density at radius 3 is 2.41 bits per heavy atom. The molecule has 1 atom stereocenters. The number of nitrogens with zero attached hydrogens (tertiary/aromatic N) is 5. The molecule has 2 aromatic carbocycles. The maximum absolute atomic E-state index is 13.1. The third-order valence-electron chi connectivity index (χ3n) is 10.1. The predicted octanol–water partition coefficient (Wildman–Crippen LogP) is 4.66. The maximum atomic E-state index is 13.1. The van der Waals surface area contributed by atoms with E-state index in [2.05, 4.69) is 67.7 Å². The van der Waals surface area contributed by atoms with Crippen LogP contribution in [-0.2, 0) is 22.7 Å². The smallest absolute Gasteiger partial charge is 0.255 e. The Morgan fingerprint density at radius 2 is 1.70 bits per heavy atom. The minimum absolute atomic E-state index is 0.113. The molecule has 5 heterocycles. The van der Waals surface area contributed by atoms with Crippen LogP contribution >= 0.6 is 11.6 Å². The number of imide groups is 1. The van der Waals surface area contributed by atoms with E-state index in [1.165, 1.54) is 22.4 Å². The third kappa shape index (κ3) is 6.46. The summed E-state index contributed by atoms with van der Waals surface area (Å²) in [6.07, 6.45) is 8.11. The Hall–Kier alpha value is -4.02. The molecule has 0 aliphatic carbocycles. The Kier molecular flexibility index (Phi) is 8.66. The average Bonchev–Trinajstić information content (AvgIpc) is 3.38. The van der Waals surface area contributed by atoms with E-state index in [-0.39, 0.29) is 24.1 Å². The van der Waals surface area contributed by atoms with Crippen LogP contribution in [0, 0.1) is 6.92 Å². The van der Waals surface area contributed by atoms with Crippen molar-refractivity contribution in [3.63, 3.8) is 0 Å². The Balaban J connectivity index is 0.900. The van der Waals surface area contributed by atoms with Crippen molar-refractivity contribution in [2.45, 2.75) is 76.5 Å². The summed E-state index contributed by atoms with van der Waals surface area (Å²) in [7, 11) is 0. The summed E-state index contributed by atoms with van der Waals surface area (Å²) >= 11 is 5.91. The summed E-state index contributed by atoms with van der Waals surface area (Å²) in [4.78, 5) is 52.3. The van der Waals surface area contributed by atoms with Crippen LogP contribution in [0.2, 0.25) is 5.02 Å². The van der Waals surface area contributed by atoms with Gasteiger partial charge in [-0.15, -0.1) is 0 Å². The molecule has 0 bridgehead atoms. The van der Waals surface area contributed by atoms with E-state index in [9.17, 15) is 14.4 Å². The lowest BCUT2D eigenvalue weighted by atomic mass is 9.87. The predicted molar refractivity (Wildman–Crippen MR) is 177 cm³/mol. The van der Waals surface area contributed by atoms with Crippen LogP contribution in [0.3, 0.4) is 0 Å². The maximum Gasteiger partial charge on any atom is 0.255 e. The first-order valence-electron chi connectivity index (χ1n) is 16.4. The van der Waals surface area contributed by atoms with Crippen molar-refractivity contribution in [1.82, 2.24) is 25.1 Å². The fraction of sp³-hybridized carbons (Fsp3) is 0.457. The molecule has 2 N–H and O–H groups in total. The van der Waals surface area contributed by atoms with Gasteiger partial charge < -0.3 is 15.1 Å². The van der Waals surface area contributed by atoms with E-state index < -0.39 is 6.04 Å². The zero-order chi connectivity index (χ0) is 31.8. The second kappa shape index (κ2) is 13.0. The molecule has 1 aromatic heterocycles. The van der Waals surface area contributed by atoms with Crippen LogP contribution in [0.5, 0.6) is 0 Å². The molecule has 7 rings (SSSR count). The summed E-state index contributed by atoms with van der Waals surface area (Å²) in [6.45, 7) is 7.63. The molecule has 3 fully saturated rings. The average molecular weight is 642 g/mol. The minimum Gasteiger partial charge on any atom is -0.371 e. The number of rotatable bonds is 7. The molecule has 240 valence electrons. The fourth-order valence-electron chi connectivity index (χ4n) is 7.54. The number of piperidine rings is 3. The summed E-state index contributed by atoms with van der Waals surface area (Å²) in [5.41, 5.74) is 6.92. The van der Waals surface area contributed by atoms with Crippen molar-refractivity contribution in [3.05, 3.63) is 81.6 Å². The van der Waals surface area contributed by atoms with Gasteiger partial charge in [-0.05, 0) is 92.4 Å². The van der Waals surface area contributed by atoms with E-state index in [4.69, 9.17) is 11.6 Å². The number of carbonyl (C=O) groups excluding carboxylic acids is 3.